The molecule has 0 aromatic carbocycles. The fourth-order valence-electron chi connectivity index (χ4n) is 0.310. The highest BCUT2D eigenvalue weighted by molar-refractivity contribution is 6.12. The molecule has 1 atom stereocenters. The van der Waals surface area contributed by atoms with E-state index in [4.69, 9.17) is 4.74 Å². The van der Waals surface area contributed by atoms with Crippen LogP contribution in [0.2, 0.25) is 0 Å². The van der Waals surface area contributed by atoms with Crippen molar-refractivity contribution in [2.24, 2.45) is 0 Å². The third-order valence-electron chi connectivity index (χ3n) is 0.684. The maximum atomic E-state index is 10.2. The smallest absolute Gasteiger partial charge is 0.302 e. The van der Waals surface area contributed by atoms with Gasteiger partial charge in [-0.3, -0.25) is 4.79 Å². The number of ether oxygens (including phenoxy) is 1. The van der Waals surface area contributed by atoms with Gasteiger partial charge in [0.15, 0.2) is 0 Å². The van der Waals surface area contributed by atoms with Crippen LogP contribution in [-0.4, -0.2) is 21.9 Å². The molecule has 0 rings (SSSR count). The zero-order valence-corrected chi connectivity index (χ0v) is 7.18. The molecular formula is C5H10O2Si. The Balaban J connectivity index is 3.38. The van der Waals surface area contributed by atoms with Crippen LogP contribution in [0.1, 0.15) is 6.92 Å². The van der Waals surface area contributed by atoms with Crippen molar-refractivity contribution in [1.29, 1.82) is 0 Å². The van der Waals surface area contributed by atoms with E-state index in [9.17, 15) is 4.79 Å². The van der Waals surface area contributed by atoms with Crippen LogP contribution in [0.15, 0.2) is 12.7 Å². The van der Waals surface area contributed by atoms with Gasteiger partial charge in [-0.1, -0.05) is 12.7 Å². The summed E-state index contributed by atoms with van der Waals surface area (Å²) in [5, 5.41) is 0. The van der Waals surface area contributed by atoms with Gasteiger partial charge in [-0.25, -0.2) is 0 Å². The van der Waals surface area contributed by atoms with Crippen LogP contribution in [0.4, 0.5) is 0 Å². The third-order valence-corrected chi connectivity index (χ3v) is 1.39. The summed E-state index contributed by atoms with van der Waals surface area (Å²) in [6.45, 7) is 4.87. The lowest BCUT2D eigenvalue weighted by Crippen LogP contribution is -2.12. The fourth-order valence-corrected chi connectivity index (χ4v) is 0.642. The van der Waals surface area contributed by atoms with Gasteiger partial charge in [0.1, 0.15) is 0 Å². The highest BCUT2D eigenvalue weighted by Gasteiger charge is 1.96. The van der Waals surface area contributed by atoms with Crippen LogP contribution in [0.5, 0.6) is 0 Å². The maximum Gasteiger partial charge on any atom is 0.302 e. The first kappa shape index (κ1) is 7.43. The van der Waals surface area contributed by atoms with E-state index < -0.39 is 0 Å². The van der Waals surface area contributed by atoms with E-state index in [1.165, 1.54) is 6.92 Å². The van der Waals surface area contributed by atoms with Gasteiger partial charge in [-0.2, -0.15) is 0 Å². The van der Waals surface area contributed by atoms with Crippen molar-refractivity contribution < 1.29 is 9.53 Å². The van der Waals surface area contributed by atoms with Crippen molar-refractivity contribution >= 4 is 16.2 Å². The number of hydrogen-bond donors (Lipinski definition) is 0. The second-order valence-electron chi connectivity index (χ2n) is 1.55. The Morgan fingerprint density at radius 1 is 2.00 bits per heavy atom. The Kier molecular flexibility index (Phi) is 3.19. The molecule has 0 aromatic rings. The monoisotopic (exact) mass is 130 g/mol. The Hall–Kier alpha value is -0.573. The molecule has 3 heteroatoms. The van der Waals surface area contributed by atoms with Crippen molar-refractivity contribution in [3.63, 3.8) is 0 Å². The van der Waals surface area contributed by atoms with Crippen LogP contribution in [0.3, 0.4) is 0 Å². The lowest BCUT2D eigenvalue weighted by Gasteiger charge is -2.03. The maximum absolute atomic E-state index is 10.2. The molecule has 0 aliphatic rings. The molecule has 2 nitrogen and oxygen atoms in total. The van der Waals surface area contributed by atoms with E-state index >= 15 is 0 Å². The van der Waals surface area contributed by atoms with Gasteiger partial charge >= 0.3 is 5.97 Å². The third kappa shape index (κ3) is 3.61. The Morgan fingerprint density at radius 2 is 2.50 bits per heavy atom. The van der Waals surface area contributed by atoms with Crippen molar-refractivity contribution in [3.8, 4) is 0 Å². The van der Waals surface area contributed by atoms with Crippen LogP contribution in [-0.2, 0) is 9.53 Å². The van der Waals surface area contributed by atoms with Gasteiger partial charge in [0.2, 0.25) is 0 Å². The molecule has 0 bridgehead atoms. The molecule has 0 aromatic heterocycles. The lowest BCUT2D eigenvalue weighted by atomic mass is 10.7. The molecular weight excluding hydrogens is 120 g/mol. The number of carbonyl (C=O) groups excluding carboxylic acids is 1. The minimum atomic E-state index is -0.232. The van der Waals surface area contributed by atoms with E-state index in [-0.39, 0.29) is 11.7 Å². The topological polar surface area (TPSA) is 26.3 Å². The van der Waals surface area contributed by atoms with Crippen LogP contribution < -0.4 is 0 Å². The van der Waals surface area contributed by atoms with E-state index in [1.54, 1.807) is 6.08 Å². The Labute approximate surface area is 52.0 Å². The molecule has 0 spiro atoms. The zero-order chi connectivity index (χ0) is 6.57. The predicted octanol–water partition coefficient (Wildman–Crippen LogP) is -0.573. The molecule has 0 aliphatic carbocycles. The van der Waals surface area contributed by atoms with Gasteiger partial charge in [0.05, 0.1) is 16.0 Å². The van der Waals surface area contributed by atoms with Crippen molar-refractivity contribution in [1.82, 2.24) is 0 Å². The van der Waals surface area contributed by atoms with E-state index in [2.05, 4.69) is 6.58 Å². The van der Waals surface area contributed by atoms with Gasteiger partial charge in [0.25, 0.3) is 0 Å². The second-order valence-corrected chi connectivity index (χ2v) is 2.69. The molecule has 1 unspecified atom stereocenters. The summed E-state index contributed by atoms with van der Waals surface area (Å²) in [7, 11) is 0.827. The van der Waals surface area contributed by atoms with E-state index in [0.717, 1.165) is 10.2 Å². The Morgan fingerprint density at radius 3 is 2.62 bits per heavy atom. The summed E-state index contributed by atoms with van der Waals surface area (Å²) in [4.78, 5) is 10.2. The molecule has 0 radical (unpaired) electrons. The zero-order valence-electron chi connectivity index (χ0n) is 5.18. The van der Waals surface area contributed by atoms with Gasteiger partial charge in [-0.15, -0.1) is 0 Å². The molecule has 8 heavy (non-hydrogen) atoms. The number of esters is 1. The molecule has 0 saturated heterocycles. The summed E-state index contributed by atoms with van der Waals surface area (Å²) >= 11 is 0. The molecule has 46 valence electrons. The van der Waals surface area contributed by atoms with Crippen LogP contribution in [0, 0.1) is 0 Å². The summed E-state index contributed by atoms with van der Waals surface area (Å²) in [6.07, 6.45) is 1.63. The largest absolute Gasteiger partial charge is 0.463 e. The first-order valence-corrected chi connectivity index (χ1v) is 3.62. The summed E-state index contributed by atoms with van der Waals surface area (Å²) in [5.41, 5.74) is -0.0208. The normalized spacial score (nSPS) is 12.6. The molecule has 0 heterocycles. The average molecular weight is 130 g/mol. The van der Waals surface area contributed by atoms with Crippen LogP contribution >= 0.6 is 0 Å². The summed E-state index contributed by atoms with van der Waals surface area (Å²) < 4.78 is 4.70. The molecule has 0 fully saturated rings. The minimum Gasteiger partial charge on any atom is -0.463 e. The SMILES string of the molecule is C=CC([SiH3])OC(C)=O. The minimum absolute atomic E-state index is 0.0208. The van der Waals surface area contributed by atoms with E-state index in [1.807, 2.05) is 0 Å². The summed E-state index contributed by atoms with van der Waals surface area (Å²) in [6, 6.07) is 0. The first-order chi connectivity index (χ1) is 3.66. The lowest BCUT2D eigenvalue weighted by molar-refractivity contribution is -0.141. The average Bonchev–Trinajstić information content (AvgIpc) is 1.65. The molecule has 0 amide bonds. The van der Waals surface area contributed by atoms with Crippen molar-refractivity contribution in [3.05, 3.63) is 12.7 Å². The second kappa shape index (κ2) is 3.43. The molecule has 0 aliphatic heterocycles. The Bertz CT molecular complexity index is 101. The van der Waals surface area contributed by atoms with Gasteiger partial charge in [-0.05, 0) is 0 Å². The number of hydrogen-bond acceptors (Lipinski definition) is 2. The fraction of sp³-hybridized carbons (Fsp3) is 0.400. The molecule has 0 saturated carbocycles. The molecule has 0 N–H and O–H groups in total. The highest BCUT2D eigenvalue weighted by Crippen LogP contribution is 1.85. The predicted molar refractivity (Wildman–Crippen MR) is 35.7 cm³/mol. The summed E-state index contributed by atoms with van der Waals surface area (Å²) in [5.74, 6) is -0.232. The van der Waals surface area contributed by atoms with Crippen molar-refractivity contribution in [2.45, 2.75) is 12.7 Å². The quantitative estimate of drug-likeness (QED) is 0.284. The highest BCUT2D eigenvalue weighted by atomic mass is 28.1. The number of carbonyl (C=O) groups is 1. The van der Waals surface area contributed by atoms with Crippen molar-refractivity contribution in [2.75, 3.05) is 0 Å². The van der Waals surface area contributed by atoms with Crippen LogP contribution in [0.25, 0.3) is 0 Å². The van der Waals surface area contributed by atoms with Gasteiger partial charge < -0.3 is 4.74 Å². The van der Waals surface area contributed by atoms with Gasteiger partial charge in [0, 0.05) is 6.92 Å². The standard InChI is InChI=1S/C5H10O2Si/c1-3-5(8)7-4(2)6/h3,5H,1H2,2,8H3. The number of rotatable bonds is 2. The van der Waals surface area contributed by atoms with E-state index in [0.29, 0.717) is 0 Å². The first-order valence-electron chi connectivity index (χ1n) is 2.46.